The lowest BCUT2D eigenvalue weighted by atomic mass is 9.97. The Kier molecular flexibility index (Phi) is 6.75. The smallest absolute Gasteiger partial charge is 0.166 e. The quantitative estimate of drug-likeness (QED) is 0.168. The Hall–Kier alpha value is -8.19. The number of para-hydroxylation sites is 5. The Labute approximate surface area is 374 Å². The lowest BCUT2D eigenvalue weighted by Crippen LogP contribution is -2.05. The molecule has 13 rings (SSSR count). The third-order valence-electron chi connectivity index (χ3n) is 11.9. The molecule has 0 aliphatic heterocycles. The molecule has 0 atom stereocenters. The van der Waals surface area contributed by atoms with Crippen molar-refractivity contribution in [1.29, 1.82) is 0 Å². The monoisotopic (exact) mass is 827 g/mol. The van der Waals surface area contributed by atoms with Gasteiger partial charge in [0.25, 0.3) is 0 Å². The lowest BCUT2D eigenvalue weighted by molar-refractivity contribution is 1.07. The van der Waals surface area contributed by atoms with Crippen molar-refractivity contribution in [3.8, 4) is 56.7 Å². The molecule has 4 heterocycles. The van der Waals surface area contributed by atoms with Crippen molar-refractivity contribution in [2.75, 3.05) is 0 Å². The molecular weight excluding hydrogens is 787 g/mol. The van der Waals surface area contributed by atoms with Gasteiger partial charge in [0.05, 0.1) is 36.0 Å². The van der Waals surface area contributed by atoms with Crippen molar-refractivity contribution in [2.45, 2.75) is 0 Å². The fourth-order valence-electron chi connectivity index (χ4n) is 9.27. The van der Waals surface area contributed by atoms with Crippen LogP contribution in [0.1, 0.15) is 8.22 Å². The molecule has 0 aliphatic rings. The van der Waals surface area contributed by atoms with Gasteiger partial charge in [-0.3, -0.25) is 0 Å². The average Bonchev–Trinajstić information content (AvgIpc) is 4.07. The Morgan fingerprint density at radius 2 is 0.952 bits per heavy atom. The topological polar surface area (TPSA) is 48.5 Å². The number of rotatable bonds is 6. The Bertz CT molecular complexity index is 4210. The first-order chi connectivity index (χ1) is 33.7. The highest BCUT2D eigenvalue weighted by Crippen LogP contribution is 2.46. The van der Waals surface area contributed by atoms with E-state index in [0.717, 1.165) is 69.9 Å². The van der Waals surface area contributed by atoms with Gasteiger partial charge in [-0.15, -0.1) is 11.3 Å². The summed E-state index contributed by atoms with van der Waals surface area (Å²) in [5.41, 5.74) is 7.80. The molecule has 0 N–H and O–H groups in total. The Morgan fingerprint density at radius 1 is 0.381 bits per heavy atom. The largest absolute Gasteiger partial charge is 0.309 e. The predicted octanol–water partition coefficient (Wildman–Crippen LogP) is 15.1. The van der Waals surface area contributed by atoms with Crippen LogP contribution in [0.2, 0.25) is 0 Å². The summed E-state index contributed by atoms with van der Waals surface area (Å²) in [5, 5.41) is 4.53. The summed E-state index contributed by atoms with van der Waals surface area (Å²) in [6, 6.07) is 56.9. The fraction of sp³-hybridized carbons (Fsp3) is 0. The maximum absolute atomic E-state index is 9.54. The highest BCUT2D eigenvalue weighted by atomic mass is 32.1. The van der Waals surface area contributed by atoms with Crippen molar-refractivity contribution in [3.05, 3.63) is 212 Å². The van der Waals surface area contributed by atoms with Gasteiger partial charge in [-0.25, -0.2) is 15.0 Å². The second-order valence-electron chi connectivity index (χ2n) is 15.4. The van der Waals surface area contributed by atoms with Gasteiger partial charge in [0.2, 0.25) is 0 Å². The van der Waals surface area contributed by atoms with Crippen molar-refractivity contribution >= 4 is 75.1 Å². The van der Waals surface area contributed by atoms with Crippen molar-refractivity contribution in [2.24, 2.45) is 0 Å². The molecule has 0 fully saturated rings. The molecule has 0 saturated carbocycles. The molecule has 5 nitrogen and oxygen atoms in total. The van der Waals surface area contributed by atoms with E-state index in [9.17, 15) is 5.48 Å². The fourth-order valence-corrected chi connectivity index (χ4v) is 10.5. The summed E-state index contributed by atoms with van der Waals surface area (Å²) in [5.74, 6) is 1.20. The maximum atomic E-state index is 9.54. The molecule has 0 spiro atoms. The van der Waals surface area contributed by atoms with Crippen molar-refractivity contribution < 1.29 is 8.22 Å². The first-order valence-electron chi connectivity index (χ1n) is 23.7. The van der Waals surface area contributed by atoms with Gasteiger partial charge in [-0.05, 0) is 48.5 Å². The van der Waals surface area contributed by atoms with Crippen LogP contribution >= 0.6 is 11.3 Å². The van der Waals surface area contributed by atoms with Crippen LogP contribution in [0.5, 0.6) is 0 Å². The Balaban J connectivity index is 1.19. The molecule has 0 radical (unpaired) electrons. The van der Waals surface area contributed by atoms with E-state index in [1.54, 1.807) is 15.9 Å². The first kappa shape index (κ1) is 29.9. The SMILES string of the molecule is [2H]c1cc([2H])c2c(c1[2H])c1c([2H])c([2H])cc([2H])c1n2-c1c(-c2nc(-c3ccccc3)nc(-c3cccc4c3c3ccccc3n4-c3ccccc3)n2)cccc1-c1cccc2c1sc1ccccc12. The first-order valence-corrected chi connectivity index (χ1v) is 21.5. The van der Waals surface area contributed by atoms with Crippen molar-refractivity contribution in [1.82, 2.24) is 24.1 Å². The molecular formula is C57H35N5S. The van der Waals surface area contributed by atoms with Crippen LogP contribution in [-0.2, 0) is 0 Å². The van der Waals surface area contributed by atoms with Crippen LogP contribution in [-0.4, -0.2) is 24.1 Å². The zero-order valence-electron chi connectivity index (χ0n) is 39.4. The number of hydrogen-bond acceptors (Lipinski definition) is 4. The van der Waals surface area contributed by atoms with E-state index in [4.69, 9.17) is 17.7 Å². The van der Waals surface area contributed by atoms with Crippen LogP contribution in [0.4, 0.5) is 0 Å². The zero-order valence-corrected chi connectivity index (χ0v) is 34.2. The van der Waals surface area contributed by atoms with E-state index in [1.807, 2.05) is 109 Å². The van der Waals surface area contributed by atoms with Gasteiger partial charge in [0.1, 0.15) is 0 Å². The molecule has 4 aromatic heterocycles. The number of hydrogen-bond donors (Lipinski definition) is 0. The van der Waals surface area contributed by atoms with Gasteiger partial charge in [0, 0.05) is 75.2 Å². The van der Waals surface area contributed by atoms with E-state index in [0.29, 0.717) is 28.7 Å². The van der Waals surface area contributed by atoms with Gasteiger partial charge >= 0.3 is 0 Å². The summed E-state index contributed by atoms with van der Waals surface area (Å²) in [4.78, 5) is 16.0. The number of thiophene rings is 1. The minimum Gasteiger partial charge on any atom is -0.309 e. The van der Waals surface area contributed by atoms with Crippen LogP contribution in [0.3, 0.4) is 0 Å². The highest BCUT2D eigenvalue weighted by molar-refractivity contribution is 7.26. The minimum atomic E-state index is -0.189. The van der Waals surface area contributed by atoms with Crippen LogP contribution in [0.15, 0.2) is 212 Å². The lowest BCUT2D eigenvalue weighted by Gasteiger charge is -2.19. The average molecular weight is 828 g/mol. The second-order valence-corrected chi connectivity index (χ2v) is 16.5. The van der Waals surface area contributed by atoms with E-state index in [2.05, 4.69) is 59.2 Å². The summed E-state index contributed by atoms with van der Waals surface area (Å²) in [6.45, 7) is 0. The van der Waals surface area contributed by atoms with Crippen LogP contribution < -0.4 is 0 Å². The van der Waals surface area contributed by atoms with E-state index >= 15 is 0 Å². The molecule has 13 aromatic rings. The van der Waals surface area contributed by atoms with E-state index < -0.39 is 0 Å². The number of nitrogens with zero attached hydrogens (tertiary/aromatic N) is 5. The molecule has 9 aromatic carbocycles. The molecule has 0 amide bonds. The maximum Gasteiger partial charge on any atom is 0.166 e. The van der Waals surface area contributed by atoms with E-state index in [-0.39, 0.29) is 58.1 Å². The van der Waals surface area contributed by atoms with Crippen LogP contribution in [0, 0.1) is 0 Å². The van der Waals surface area contributed by atoms with Crippen LogP contribution in [0.25, 0.3) is 120 Å². The zero-order chi connectivity index (χ0) is 46.7. The van der Waals surface area contributed by atoms with Crippen molar-refractivity contribution in [3.63, 3.8) is 0 Å². The highest BCUT2D eigenvalue weighted by Gasteiger charge is 2.25. The molecule has 0 saturated heterocycles. The summed E-state index contributed by atoms with van der Waals surface area (Å²) >= 11 is 1.68. The molecule has 294 valence electrons. The third-order valence-corrected chi connectivity index (χ3v) is 13.2. The summed E-state index contributed by atoms with van der Waals surface area (Å²) < 4.78 is 61.4. The predicted molar refractivity (Wildman–Crippen MR) is 263 cm³/mol. The normalized spacial score (nSPS) is 13.1. The number of benzene rings is 9. The van der Waals surface area contributed by atoms with Gasteiger partial charge < -0.3 is 9.13 Å². The van der Waals surface area contributed by atoms with Gasteiger partial charge in [0.15, 0.2) is 17.5 Å². The number of fused-ring (bicyclic) bond motifs is 9. The molecule has 63 heavy (non-hydrogen) atoms. The summed E-state index contributed by atoms with van der Waals surface area (Å²) in [7, 11) is 0. The van der Waals surface area contributed by atoms with Gasteiger partial charge in [-0.1, -0.05) is 164 Å². The molecule has 0 unspecified atom stereocenters. The Morgan fingerprint density at radius 3 is 1.75 bits per heavy atom. The van der Waals surface area contributed by atoms with Gasteiger partial charge in [-0.2, -0.15) is 0 Å². The second kappa shape index (κ2) is 14.2. The molecule has 6 heteroatoms. The van der Waals surface area contributed by atoms with E-state index in [1.165, 1.54) is 12.1 Å². The third kappa shape index (κ3) is 5.52. The standard InChI is InChI=1S/C57H35N5S/c1-3-18-36(19-4-1)55-58-56(45-29-17-34-50-52(45)44-25-9-13-33-49(44)61(50)37-20-5-2-6-21-37)60-57(59-55)46-30-15-26-41(43-28-16-27-42-40-24-10-14-35-51(40)63-54(42)43)53(46)62-47-31-11-7-22-38(47)39-23-8-12-32-48(39)62/h1-35H/i7D,8D,22D,23D,31D,32D. The molecule has 0 bridgehead atoms. The minimum absolute atomic E-state index is 0.0591. The molecule has 0 aliphatic carbocycles. The number of aromatic nitrogens is 5. The summed E-state index contributed by atoms with van der Waals surface area (Å²) in [6.07, 6.45) is 0.